The van der Waals surface area contributed by atoms with Crippen LogP contribution >= 0.6 is 0 Å². The third-order valence-electron chi connectivity index (χ3n) is 4.77. The van der Waals surface area contributed by atoms with Crippen LogP contribution in [0.2, 0.25) is 0 Å². The van der Waals surface area contributed by atoms with Gasteiger partial charge in [-0.05, 0) is 53.8 Å². The van der Waals surface area contributed by atoms with E-state index in [-0.39, 0.29) is 17.7 Å². The molecule has 0 bridgehead atoms. The van der Waals surface area contributed by atoms with E-state index in [1.54, 1.807) is 33.3 Å². The molecular formula is C20H23NO4. The van der Waals surface area contributed by atoms with E-state index in [1.807, 2.05) is 29.2 Å². The van der Waals surface area contributed by atoms with Gasteiger partial charge in [0.2, 0.25) is 5.91 Å². The van der Waals surface area contributed by atoms with Crippen LogP contribution in [0.5, 0.6) is 17.2 Å². The number of carbonyl (C=O) groups excluding carboxylic acids is 1. The number of phenolic OH excluding ortho intramolecular Hbond substituents is 1. The number of nitrogens with zero attached hydrogens (tertiary/aromatic N) is 1. The van der Waals surface area contributed by atoms with E-state index in [4.69, 9.17) is 9.47 Å². The maximum absolute atomic E-state index is 12.2. The molecule has 1 aliphatic heterocycles. The zero-order chi connectivity index (χ0) is 18.0. The first-order valence-electron chi connectivity index (χ1n) is 8.33. The molecule has 1 atom stereocenters. The Kier molecular flexibility index (Phi) is 4.83. The van der Waals surface area contributed by atoms with Crippen molar-refractivity contribution in [1.82, 2.24) is 4.90 Å². The zero-order valence-electron chi connectivity index (χ0n) is 14.8. The highest BCUT2D eigenvalue weighted by molar-refractivity contribution is 5.74. The molecule has 1 aliphatic rings. The average molecular weight is 341 g/mol. The minimum absolute atomic E-state index is 0.0595. The molecule has 0 saturated carbocycles. The number of carbonyl (C=O) groups is 1. The highest BCUT2D eigenvalue weighted by Crippen LogP contribution is 2.39. The Bertz CT molecular complexity index is 770. The summed E-state index contributed by atoms with van der Waals surface area (Å²) in [4.78, 5) is 14.1. The highest BCUT2D eigenvalue weighted by Gasteiger charge is 2.30. The summed E-state index contributed by atoms with van der Waals surface area (Å²) in [5.74, 6) is 1.68. The summed E-state index contributed by atoms with van der Waals surface area (Å²) in [5, 5.41) is 9.49. The Morgan fingerprint density at radius 3 is 2.40 bits per heavy atom. The number of phenols is 1. The summed E-state index contributed by atoms with van der Waals surface area (Å²) >= 11 is 0. The molecule has 25 heavy (non-hydrogen) atoms. The van der Waals surface area contributed by atoms with E-state index in [2.05, 4.69) is 0 Å². The van der Waals surface area contributed by atoms with Crippen LogP contribution in [-0.4, -0.2) is 36.7 Å². The molecule has 0 saturated heterocycles. The topological polar surface area (TPSA) is 59.0 Å². The van der Waals surface area contributed by atoms with Crippen molar-refractivity contribution in [2.24, 2.45) is 0 Å². The second kappa shape index (κ2) is 7.05. The van der Waals surface area contributed by atoms with Crippen molar-refractivity contribution in [1.29, 1.82) is 0 Å². The van der Waals surface area contributed by atoms with Crippen LogP contribution < -0.4 is 9.47 Å². The largest absolute Gasteiger partial charge is 0.508 e. The van der Waals surface area contributed by atoms with Gasteiger partial charge in [0.15, 0.2) is 11.5 Å². The van der Waals surface area contributed by atoms with Gasteiger partial charge in [-0.2, -0.15) is 0 Å². The molecule has 2 aromatic rings. The van der Waals surface area contributed by atoms with Crippen LogP contribution in [0.25, 0.3) is 0 Å². The Balaban J connectivity index is 2.03. The number of benzene rings is 2. The van der Waals surface area contributed by atoms with Gasteiger partial charge >= 0.3 is 0 Å². The van der Waals surface area contributed by atoms with E-state index in [0.717, 1.165) is 17.5 Å². The van der Waals surface area contributed by atoms with Crippen LogP contribution in [0, 0.1) is 0 Å². The van der Waals surface area contributed by atoms with Crippen LogP contribution in [0.4, 0.5) is 0 Å². The number of hydrogen-bond acceptors (Lipinski definition) is 4. The first-order chi connectivity index (χ1) is 12.0. The predicted molar refractivity (Wildman–Crippen MR) is 95.2 cm³/mol. The lowest BCUT2D eigenvalue weighted by molar-refractivity contribution is -0.131. The monoisotopic (exact) mass is 341 g/mol. The number of aromatic hydroxyl groups is 1. The lowest BCUT2D eigenvalue weighted by atomic mass is 9.88. The summed E-state index contributed by atoms with van der Waals surface area (Å²) in [6.45, 7) is 2.29. The fraction of sp³-hybridized carbons (Fsp3) is 0.350. The number of ether oxygens (including phenoxy) is 2. The molecule has 5 heteroatoms. The van der Waals surface area contributed by atoms with Crippen LogP contribution in [0.15, 0.2) is 36.4 Å². The summed E-state index contributed by atoms with van der Waals surface area (Å²) in [7, 11) is 3.24. The van der Waals surface area contributed by atoms with Crippen molar-refractivity contribution in [3.05, 3.63) is 53.1 Å². The molecule has 1 amide bonds. The molecule has 1 N–H and O–H groups in total. The lowest BCUT2D eigenvalue weighted by Crippen LogP contribution is -2.39. The van der Waals surface area contributed by atoms with E-state index in [9.17, 15) is 9.90 Å². The molecule has 2 aromatic carbocycles. The quantitative estimate of drug-likeness (QED) is 0.928. The normalized spacial score (nSPS) is 16.3. The summed E-state index contributed by atoms with van der Waals surface area (Å²) < 4.78 is 10.9. The highest BCUT2D eigenvalue weighted by atomic mass is 16.5. The summed E-state index contributed by atoms with van der Waals surface area (Å²) in [6.07, 6.45) is 1.48. The van der Waals surface area contributed by atoms with Crippen LogP contribution in [-0.2, 0) is 17.6 Å². The Morgan fingerprint density at radius 1 is 1.16 bits per heavy atom. The zero-order valence-corrected chi connectivity index (χ0v) is 14.8. The molecule has 132 valence electrons. The van der Waals surface area contributed by atoms with Crippen molar-refractivity contribution in [2.45, 2.75) is 25.8 Å². The third-order valence-corrected chi connectivity index (χ3v) is 4.77. The van der Waals surface area contributed by atoms with E-state index >= 15 is 0 Å². The molecule has 0 fully saturated rings. The molecule has 0 aromatic heterocycles. The van der Waals surface area contributed by atoms with Crippen molar-refractivity contribution in [3.63, 3.8) is 0 Å². The third kappa shape index (κ3) is 3.40. The standard InChI is InChI=1S/C20H23NO4/c1-13(22)21-9-8-15-11-19(24-2)20(25-3)12-17(15)18(21)10-14-4-6-16(23)7-5-14/h4-7,11-12,18,23H,8-10H2,1-3H3/t18-/m0/s1. The smallest absolute Gasteiger partial charge is 0.219 e. The molecule has 3 rings (SSSR count). The van der Waals surface area contributed by atoms with Gasteiger partial charge in [-0.25, -0.2) is 0 Å². The second-order valence-electron chi connectivity index (χ2n) is 6.25. The van der Waals surface area contributed by atoms with Gasteiger partial charge in [0.05, 0.1) is 20.3 Å². The maximum atomic E-state index is 12.2. The fourth-order valence-corrected chi connectivity index (χ4v) is 3.48. The molecule has 1 heterocycles. The molecule has 0 spiro atoms. The molecule has 5 nitrogen and oxygen atoms in total. The van der Waals surface area contributed by atoms with E-state index in [1.165, 1.54) is 5.56 Å². The van der Waals surface area contributed by atoms with E-state index in [0.29, 0.717) is 24.5 Å². The average Bonchev–Trinajstić information content (AvgIpc) is 2.62. The molecular weight excluding hydrogens is 318 g/mol. The predicted octanol–water partition coefficient (Wildman–Crippen LogP) is 3.10. The number of rotatable bonds is 4. The number of hydrogen-bond donors (Lipinski definition) is 1. The summed E-state index contributed by atoms with van der Waals surface area (Å²) in [6, 6.07) is 11.1. The Morgan fingerprint density at radius 2 is 1.80 bits per heavy atom. The van der Waals surface area contributed by atoms with Crippen molar-refractivity contribution in [3.8, 4) is 17.2 Å². The minimum atomic E-state index is -0.0643. The first kappa shape index (κ1) is 17.1. The number of methoxy groups -OCH3 is 2. The molecule has 0 radical (unpaired) electrons. The minimum Gasteiger partial charge on any atom is -0.508 e. The van der Waals surface area contributed by atoms with Gasteiger partial charge in [-0.1, -0.05) is 12.1 Å². The van der Waals surface area contributed by atoms with Gasteiger partial charge in [0.25, 0.3) is 0 Å². The van der Waals surface area contributed by atoms with E-state index < -0.39 is 0 Å². The van der Waals surface area contributed by atoms with Crippen molar-refractivity contribution < 1.29 is 19.4 Å². The van der Waals surface area contributed by atoms with Gasteiger partial charge in [0, 0.05) is 13.5 Å². The Labute approximate surface area is 147 Å². The van der Waals surface area contributed by atoms with Gasteiger partial charge in [-0.3, -0.25) is 4.79 Å². The van der Waals surface area contributed by atoms with Crippen LogP contribution in [0.3, 0.4) is 0 Å². The van der Waals surface area contributed by atoms with Crippen molar-refractivity contribution in [2.75, 3.05) is 20.8 Å². The van der Waals surface area contributed by atoms with Gasteiger partial charge in [-0.15, -0.1) is 0 Å². The SMILES string of the molecule is COc1cc2c(cc1OC)[C@H](Cc1ccc(O)cc1)N(C(C)=O)CC2. The second-order valence-corrected chi connectivity index (χ2v) is 6.25. The van der Waals surface area contributed by atoms with Gasteiger partial charge < -0.3 is 19.5 Å². The number of amides is 1. The number of fused-ring (bicyclic) bond motifs is 1. The van der Waals surface area contributed by atoms with Gasteiger partial charge in [0.1, 0.15) is 5.75 Å². The fourth-order valence-electron chi connectivity index (χ4n) is 3.48. The van der Waals surface area contributed by atoms with Crippen LogP contribution in [0.1, 0.15) is 29.7 Å². The summed E-state index contributed by atoms with van der Waals surface area (Å²) in [5.41, 5.74) is 3.34. The van der Waals surface area contributed by atoms with Crippen molar-refractivity contribution >= 4 is 5.91 Å². The molecule has 0 unspecified atom stereocenters. The first-order valence-corrected chi connectivity index (χ1v) is 8.33. The Hall–Kier alpha value is -2.69. The lowest BCUT2D eigenvalue weighted by Gasteiger charge is -2.37. The maximum Gasteiger partial charge on any atom is 0.219 e. The molecule has 0 aliphatic carbocycles.